The van der Waals surface area contributed by atoms with Crippen LogP contribution in [-0.2, 0) is 0 Å². The van der Waals surface area contributed by atoms with Crippen molar-refractivity contribution in [3.8, 4) is 28.2 Å². The van der Waals surface area contributed by atoms with Gasteiger partial charge in [0.25, 0.3) is 0 Å². The highest BCUT2D eigenvalue weighted by Crippen LogP contribution is 2.43. The maximum absolute atomic E-state index is 2.50. The first kappa shape index (κ1) is 32.2. The van der Waals surface area contributed by atoms with E-state index in [0.717, 1.165) is 11.4 Å². The number of rotatable bonds is 4. The van der Waals surface area contributed by atoms with Crippen molar-refractivity contribution in [2.24, 2.45) is 0 Å². The Morgan fingerprint density at radius 2 is 0.780 bits per heavy atom. The Kier molecular flexibility index (Phi) is 6.72. The molecule has 0 radical (unpaired) electrons. The highest BCUT2D eigenvalue weighted by Gasteiger charge is 2.21. The average molecular weight is 750 g/mol. The Labute approximate surface area is 339 Å². The van der Waals surface area contributed by atoms with Crippen LogP contribution < -0.4 is 0 Å². The number of fused-ring (bicyclic) bond motifs is 13. The second-order valence-electron chi connectivity index (χ2n) is 15.7. The van der Waals surface area contributed by atoms with Gasteiger partial charge < -0.3 is 13.7 Å². The van der Waals surface area contributed by atoms with Gasteiger partial charge >= 0.3 is 0 Å². The lowest BCUT2D eigenvalue weighted by Crippen LogP contribution is -1.96. The van der Waals surface area contributed by atoms with Crippen molar-refractivity contribution in [2.75, 3.05) is 0 Å². The minimum atomic E-state index is 1.14. The summed E-state index contributed by atoms with van der Waals surface area (Å²) in [7, 11) is 0. The lowest BCUT2D eigenvalue weighted by Gasteiger charge is -2.12. The molecule has 3 heteroatoms. The Morgan fingerprint density at radius 1 is 0.237 bits per heavy atom. The maximum Gasteiger partial charge on any atom is 0.0641 e. The summed E-state index contributed by atoms with van der Waals surface area (Å²) in [5, 5.41) is 12.6. The molecular formula is C56H35N3. The average Bonchev–Trinajstić information content (AvgIpc) is 3.94. The van der Waals surface area contributed by atoms with Crippen LogP contribution in [0.25, 0.3) is 115 Å². The van der Waals surface area contributed by atoms with Gasteiger partial charge in [-0.05, 0) is 105 Å². The van der Waals surface area contributed by atoms with Crippen LogP contribution in [0.4, 0.5) is 0 Å². The Bertz CT molecular complexity index is 3840. The molecule has 0 unspecified atom stereocenters. The molecule has 0 fully saturated rings. The van der Waals surface area contributed by atoms with Crippen molar-refractivity contribution in [2.45, 2.75) is 0 Å². The molecular weight excluding hydrogens is 715 g/mol. The van der Waals surface area contributed by atoms with Gasteiger partial charge in [0.2, 0.25) is 0 Å². The van der Waals surface area contributed by atoms with Crippen molar-refractivity contribution in [3.63, 3.8) is 0 Å². The molecule has 0 spiro atoms. The molecule has 13 rings (SSSR count). The topological polar surface area (TPSA) is 14.8 Å². The number of benzene rings is 10. The number of hydrogen-bond acceptors (Lipinski definition) is 0. The largest absolute Gasteiger partial charge is 0.309 e. The van der Waals surface area contributed by atoms with Crippen LogP contribution in [0.1, 0.15) is 0 Å². The summed E-state index contributed by atoms with van der Waals surface area (Å²) >= 11 is 0. The molecule has 0 saturated heterocycles. The molecule has 3 aromatic heterocycles. The summed E-state index contributed by atoms with van der Waals surface area (Å²) < 4.78 is 7.33. The number of nitrogens with zero attached hydrogens (tertiary/aromatic N) is 3. The molecule has 3 nitrogen and oxygen atoms in total. The van der Waals surface area contributed by atoms with Gasteiger partial charge in [-0.2, -0.15) is 0 Å². The van der Waals surface area contributed by atoms with E-state index in [9.17, 15) is 0 Å². The third-order valence-corrected chi connectivity index (χ3v) is 12.6. The summed E-state index contributed by atoms with van der Waals surface area (Å²) in [6, 6.07) is 78.0. The zero-order valence-corrected chi connectivity index (χ0v) is 32.0. The van der Waals surface area contributed by atoms with Crippen molar-refractivity contribution >= 4 is 87.0 Å². The molecule has 0 aliphatic rings. The molecule has 3 heterocycles. The van der Waals surface area contributed by atoms with E-state index in [1.54, 1.807) is 0 Å². The Morgan fingerprint density at radius 3 is 1.61 bits per heavy atom. The molecule has 13 aromatic rings. The van der Waals surface area contributed by atoms with Crippen LogP contribution in [0.3, 0.4) is 0 Å². The van der Waals surface area contributed by atoms with Gasteiger partial charge in [0, 0.05) is 49.4 Å². The zero-order chi connectivity index (χ0) is 38.6. The van der Waals surface area contributed by atoms with Gasteiger partial charge in [0.15, 0.2) is 0 Å². The third kappa shape index (κ3) is 4.64. The first-order chi connectivity index (χ1) is 29.3. The molecule has 274 valence electrons. The number of para-hydroxylation sites is 4. The van der Waals surface area contributed by atoms with Crippen molar-refractivity contribution in [1.82, 2.24) is 13.7 Å². The summed E-state index contributed by atoms with van der Waals surface area (Å²) in [4.78, 5) is 0. The highest BCUT2D eigenvalue weighted by atomic mass is 15.0. The van der Waals surface area contributed by atoms with E-state index in [0.29, 0.717) is 0 Å². The van der Waals surface area contributed by atoms with Crippen molar-refractivity contribution in [1.29, 1.82) is 0 Å². The fourth-order valence-electron chi connectivity index (χ4n) is 10.0. The number of aromatic nitrogens is 3. The molecule has 10 aromatic carbocycles. The van der Waals surface area contributed by atoms with E-state index in [1.807, 2.05) is 0 Å². The first-order valence-electron chi connectivity index (χ1n) is 20.4. The Balaban J connectivity index is 1.04. The van der Waals surface area contributed by atoms with E-state index in [4.69, 9.17) is 0 Å². The quantitative estimate of drug-likeness (QED) is 0.159. The monoisotopic (exact) mass is 749 g/mol. The SMILES string of the molecule is c1ccc(-n2c3ccccc3c3cc(-c4cccc(-n5c6ccccc6c6c5ccc5c7ccccc7n(-c7ccc8c(ccc9ccccc98)c7)c56)c4)ccc32)cc1. The fraction of sp³-hybridized carbons (Fsp3) is 0. The van der Waals surface area contributed by atoms with E-state index < -0.39 is 0 Å². The second kappa shape index (κ2) is 12.3. The van der Waals surface area contributed by atoms with Gasteiger partial charge in [-0.15, -0.1) is 0 Å². The maximum atomic E-state index is 2.50. The Hall–Kier alpha value is -7.88. The predicted octanol–water partition coefficient (Wildman–Crippen LogP) is 15.0. The van der Waals surface area contributed by atoms with E-state index in [2.05, 4.69) is 226 Å². The van der Waals surface area contributed by atoms with Crippen LogP contribution in [0.15, 0.2) is 212 Å². The van der Waals surface area contributed by atoms with Crippen molar-refractivity contribution in [3.05, 3.63) is 212 Å². The molecule has 0 saturated carbocycles. The van der Waals surface area contributed by atoms with Crippen LogP contribution in [0.5, 0.6) is 0 Å². The van der Waals surface area contributed by atoms with Gasteiger partial charge in [0.05, 0.1) is 33.1 Å². The van der Waals surface area contributed by atoms with E-state index in [-0.39, 0.29) is 0 Å². The molecule has 0 N–H and O–H groups in total. The summed E-state index contributed by atoms with van der Waals surface area (Å²) in [5.41, 5.74) is 13.1. The second-order valence-corrected chi connectivity index (χ2v) is 15.7. The molecule has 0 aliphatic carbocycles. The smallest absolute Gasteiger partial charge is 0.0641 e. The molecule has 0 amide bonds. The minimum Gasteiger partial charge on any atom is -0.309 e. The van der Waals surface area contributed by atoms with Crippen LogP contribution in [0, 0.1) is 0 Å². The molecule has 0 aliphatic heterocycles. The van der Waals surface area contributed by atoms with Crippen LogP contribution >= 0.6 is 0 Å². The van der Waals surface area contributed by atoms with Gasteiger partial charge in [0.1, 0.15) is 0 Å². The minimum absolute atomic E-state index is 1.14. The first-order valence-corrected chi connectivity index (χ1v) is 20.4. The summed E-state index contributed by atoms with van der Waals surface area (Å²) in [6.45, 7) is 0. The third-order valence-electron chi connectivity index (χ3n) is 12.6. The van der Waals surface area contributed by atoms with E-state index >= 15 is 0 Å². The molecule has 0 atom stereocenters. The van der Waals surface area contributed by atoms with Gasteiger partial charge in [-0.1, -0.05) is 140 Å². The summed E-state index contributed by atoms with van der Waals surface area (Å²) in [5.74, 6) is 0. The standard InChI is InChI=1S/C56H35N3/c1-2-15-40(16-3-1)57-50-22-9-7-20-46(50)49-35-38(27-31-53(49)57)37-14-12-17-41(33-37)58-52-24-11-8-21-48(52)55-54(58)32-30-47-45-19-6-10-23-51(45)59(56(47)55)42-28-29-44-39(34-42)26-25-36-13-4-5-18-43(36)44/h1-35H. The normalized spacial score (nSPS) is 12.1. The van der Waals surface area contributed by atoms with Crippen molar-refractivity contribution < 1.29 is 0 Å². The fourth-order valence-corrected chi connectivity index (χ4v) is 10.0. The lowest BCUT2D eigenvalue weighted by atomic mass is 10.0. The zero-order valence-electron chi connectivity index (χ0n) is 32.0. The molecule has 0 bridgehead atoms. The van der Waals surface area contributed by atoms with Gasteiger partial charge in [-0.3, -0.25) is 0 Å². The van der Waals surface area contributed by atoms with Crippen LogP contribution in [0.2, 0.25) is 0 Å². The van der Waals surface area contributed by atoms with Gasteiger partial charge in [-0.25, -0.2) is 0 Å². The van der Waals surface area contributed by atoms with Crippen LogP contribution in [-0.4, -0.2) is 13.7 Å². The summed E-state index contributed by atoms with van der Waals surface area (Å²) in [6.07, 6.45) is 0. The highest BCUT2D eigenvalue weighted by molar-refractivity contribution is 6.26. The number of hydrogen-bond donors (Lipinski definition) is 0. The lowest BCUT2D eigenvalue weighted by molar-refractivity contribution is 1.18. The predicted molar refractivity (Wildman–Crippen MR) is 250 cm³/mol. The van der Waals surface area contributed by atoms with E-state index in [1.165, 1.54) is 104 Å². The molecule has 59 heavy (non-hydrogen) atoms.